The Morgan fingerprint density at radius 1 is 1.30 bits per heavy atom. The van der Waals surface area contributed by atoms with Crippen LogP contribution in [0.5, 0.6) is 0 Å². The maximum absolute atomic E-state index is 11.8. The molecule has 4 heteroatoms. The van der Waals surface area contributed by atoms with Gasteiger partial charge >= 0.3 is 5.97 Å². The van der Waals surface area contributed by atoms with Crippen molar-refractivity contribution >= 4 is 18.4 Å². The van der Waals surface area contributed by atoms with E-state index in [1.165, 1.54) is 12.0 Å². The molecule has 1 aromatic carbocycles. The van der Waals surface area contributed by atoms with Crippen molar-refractivity contribution in [2.45, 2.75) is 51.0 Å². The van der Waals surface area contributed by atoms with Crippen molar-refractivity contribution in [1.29, 1.82) is 0 Å². The second-order valence-electron chi connectivity index (χ2n) is 6.92. The van der Waals surface area contributed by atoms with Crippen molar-refractivity contribution in [1.82, 2.24) is 4.90 Å². The zero-order chi connectivity index (χ0) is 16.2. The van der Waals surface area contributed by atoms with Gasteiger partial charge in [0, 0.05) is 25.3 Å². The van der Waals surface area contributed by atoms with Gasteiger partial charge in [0.05, 0.1) is 0 Å². The summed E-state index contributed by atoms with van der Waals surface area (Å²) in [4.78, 5) is 14.0. The van der Waals surface area contributed by atoms with Gasteiger partial charge in [0.2, 0.25) is 0 Å². The third kappa shape index (κ3) is 4.71. The van der Waals surface area contributed by atoms with Crippen molar-refractivity contribution in [2.75, 3.05) is 20.6 Å². The molecule has 0 spiro atoms. The monoisotopic (exact) mass is 339 g/mol. The average molecular weight is 340 g/mol. The third-order valence-corrected chi connectivity index (χ3v) is 4.91. The van der Waals surface area contributed by atoms with Crippen molar-refractivity contribution < 1.29 is 9.53 Å². The minimum atomic E-state index is -0.379. The minimum absolute atomic E-state index is 0. The summed E-state index contributed by atoms with van der Waals surface area (Å²) in [6, 6.07) is 10.6. The molecule has 0 N–H and O–H groups in total. The van der Waals surface area contributed by atoms with Gasteiger partial charge in [-0.05, 0) is 38.9 Å². The van der Waals surface area contributed by atoms with Crippen molar-refractivity contribution in [3.05, 3.63) is 35.9 Å². The van der Waals surface area contributed by atoms with E-state index in [0.29, 0.717) is 11.8 Å². The molecule has 0 aliphatic heterocycles. The van der Waals surface area contributed by atoms with Crippen molar-refractivity contribution in [3.8, 4) is 0 Å². The SMILES string of the molecule is CC(=O)OC1(C(C)CN(C)C)CCCCC1c1ccccc1.Cl. The zero-order valence-corrected chi connectivity index (χ0v) is 15.6. The number of hydrogen-bond donors (Lipinski definition) is 0. The highest BCUT2D eigenvalue weighted by Gasteiger charge is 2.48. The highest BCUT2D eigenvalue weighted by molar-refractivity contribution is 5.85. The molecule has 2 rings (SSSR count). The number of nitrogens with zero attached hydrogens (tertiary/aromatic N) is 1. The van der Waals surface area contributed by atoms with E-state index in [1.54, 1.807) is 6.92 Å². The number of hydrogen-bond acceptors (Lipinski definition) is 3. The van der Waals surface area contributed by atoms with Crippen LogP contribution in [-0.4, -0.2) is 37.1 Å². The Balaban J connectivity index is 0.00000264. The molecule has 1 aliphatic rings. The molecule has 1 aliphatic carbocycles. The Hall–Kier alpha value is -1.06. The lowest BCUT2D eigenvalue weighted by molar-refractivity contribution is -0.172. The minimum Gasteiger partial charge on any atom is -0.458 e. The third-order valence-electron chi connectivity index (χ3n) is 4.91. The highest BCUT2D eigenvalue weighted by Crippen LogP contribution is 2.48. The van der Waals surface area contributed by atoms with E-state index < -0.39 is 0 Å². The van der Waals surface area contributed by atoms with Gasteiger partial charge in [-0.15, -0.1) is 12.4 Å². The van der Waals surface area contributed by atoms with E-state index in [9.17, 15) is 4.79 Å². The largest absolute Gasteiger partial charge is 0.458 e. The molecular formula is C19H30ClNO2. The molecule has 0 amide bonds. The van der Waals surface area contributed by atoms with E-state index in [-0.39, 0.29) is 24.0 Å². The first-order valence-corrected chi connectivity index (χ1v) is 8.35. The Labute approximate surface area is 146 Å². The Kier molecular flexibility index (Phi) is 7.56. The second kappa shape index (κ2) is 8.70. The predicted molar refractivity (Wildman–Crippen MR) is 97.1 cm³/mol. The highest BCUT2D eigenvalue weighted by atomic mass is 35.5. The van der Waals surface area contributed by atoms with Crippen molar-refractivity contribution in [3.63, 3.8) is 0 Å². The van der Waals surface area contributed by atoms with E-state index in [0.717, 1.165) is 25.8 Å². The molecule has 3 nitrogen and oxygen atoms in total. The first kappa shape index (κ1) is 20.0. The maximum atomic E-state index is 11.8. The van der Waals surface area contributed by atoms with Crippen LogP contribution in [0.3, 0.4) is 0 Å². The molecule has 3 atom stereocenters. The van der Waals surface area contributed by atoms with Crippen LogP contribution in [-0.2, 0) is 9.53 Å². The Morgan fingerprint density at radius 3 is 2.52 bits per heavy atom. The molecule has 23 heavy (non-hydrogen) atoms. The Bertz CT molecular complexity index is 491. The molecule has 3 unspecified atom stereocenters. The molecule has 0 radical (unpaired) electrons. The van der Waals surface area contributed by atoms with Gasteiger partial charge in [0.15, 0.2) is 0 Å². The van der Waals surface area contributed by atoms with Crippen LogP contribution in [0, 0.1) is 5.92 Å². The standard InChI is InChI=1S/C19H29NO2.ClH/c1-15(14-20(3)4)19(22-16(2)21)13-9-8-12-18(19)17-10-6-5-7-11-17;/h5-7,10-11,15,18H,8-9,12-14H2,1-4H3;1H. The van der Waals surface area contributed by atoms with Crippen LogP contribution < -0.4 is 0 Å². The summed E-state index contributed by atoms with van der Waals surface area (Å²) in [5, 5.41) is 0. The first-order chi connectivity index (χ1) is 10.5. The number of esters is 1. The number of benzene rings is 1. The summed E-state index contributed by atoms with van der Waals surface area (Å²) in [7, 11) is 4.16. The lowest BCUT2D eigenvalue weighted by atomic mass is 9.66. The van der Waals surface area contributed by atoms with Crippen LogP contribution in [0.2, 0.25) is 0 Å². The van der Waals surface area contributed by atoms with Gasteiger partial charge in [0.1, 0.15) is 5.60 Å². The van der Waals surface area contributed by atoms with Crippen LogP contribution in [0.15, 0.2) is 30.3 Å². The number of carbonyl (C=O) groups excluding carboxylic acids is 1. The molecule has 0 saturated heterocycles. The molecule has 0 heterocycles. The fourth-order valence-electron chi connectivity index (χ4n) is 4.08. The molecule has 1 fully saturated rings. The lowest BCUT2D eigenvalue weighted by Gasteiger charge is -2.48. The van der Waals surface area contributed by atoms with E-state index in [1.807, 2.05) is 6.07 Å². The van der Waals surface area contributed by atoms with E-state index in [2.05, 4.69) is 50.2 Å². The van der Waals surface area contributed by atoms with Crippen LogP contribution in [0.4, 0.5) is 0 Å². The maximum Gasteiger partial charge on any atom is 0.303 e. The van der Waals surface area contributed by atoms with Crippen LogP contribution in [0.25, 0.3) is 0 Å². The number of halogens is 1. The van der Waals surface area contributed by atoms with Gasteiger partial charge in [-0.2, -0.15) is 0 Å². The normalized spacial score (nSPS) is 25.5. The molecular weight excluding hydrogens is 310 g/mol. The average Bonchev–Trinajstić information content (AvgIpc) is 2.47. The fraction of sp³-hybridized carbons (Fsp3) is 0.632. The van der Waals surface area contributed by atoms with Gasteiger partial charge in [-0.3, -0.25) is 4.79 Å². The van der Waals surface area contributed by atoms with E-state index in [4.69, 9.17) is 4.74 Å². The Morgan fingerprint density at radius 2 is 1.96 bits per heavy atom. The van der Waals surface area contributed by atoms with Crippen LogP contribution in [0.1, 0.15) is 51.0 Å². The number of rotatable bonds is 5. The van der Waals surface area contributed by atoms with Gasteiger partial charge in [0.25, 0.3) is 0 Å². The topological polar surface area (TPSA) is 29.5 Å². The summed E-state index contributed by atoms with van der Waals surface area (Å²) in [5.74, 6) is 0.437. The first-order valence-electron chi connectivity index (χ1n) is 8.35. The second-order valence-corrected chi connectivity index (χ2v) is 6.92. The van der Waals surface area contributed by atoms with Crippen LogP contribution >= 0.6 is 12.4 Å². The molecule has 1 aromatic rings. The van der Waals surface area contributed by atoms with Gasteiger partial charge < -0.3 is 9.64 Å². The lowest BCUT2D eigenvalue weighted by Crippen LogP contribution is -2.51. The number of ether oxygens (including phenoxy) is 1. The zero-order valence-electron chi connectivity index (χ0n) is 14.7. The van der Waals surface area contributed by atoms with Gasteiger partial charge in [-0.25, -0.2) is 0 Å². The fourth-order valence-corrected chi connectivity index (χ4v) is 4.08. The molecule has 0 aromatic heterocycles. The summed E-state index contributed by atoms with van der Waals surface area (Å²) in [6.45, 7) is 4.70. The molecule has 0 bridgehead atoms. The smallest absolute Gasteiger partial charge is 0.303 e. The van der Waals surface area contributed by atoms with Gasteiger partial charge in [-0.1, -0.05) is 43.7 Å². The number of carbonyl (C=O) groups is 1. The van der Waals surface area contributed by atoms with E-state index >= 15 is 0 Å². The predicted octanol–water partition coefficient (Wildman–Crippen LogP) is 4.27. The van der Waals surface area contributed by atoms with Crippen molar-refractivity contribution in [2.24, 2.45) is 5.92 Å². The molecule has 1 saturated carbocycles. The summed E-state index contributed by atoms with van der Waals surface area (Å²) >= 11 is 0. The molecule has 130 valence electrons. The summed E-state index contributed by atoms with van der Waals surface area (Å²) < 4.78 is 6.04. The summed E-state index contributed by atoms with van der Waals surface area (Å²) in [5.41, 5.74) is 0.921. The summed E-state index contributed by atoms with van der Waals surface area (Å²) in [6.07, 6.45) is 4.39. The quantitative estimate of drug-likeness (QED) is 0.750.